The van der Waals surface area contributed by atoms with Gasteiger partial charge in [0, 0.05) is 31.1 Å². The molecule has 1 atom stereocenters. The fourth-order valence-electron chi connectivity index (χ4n) is 2.45. The summed E-state index contributed by atoms with van der Waals surface area (Å²) in [5.74, 6) is 1.29. The first-order valence-corrected chi connectivity index (χ1v) is 9.06. The minimum absolute atomic E-state index is 0.0545. The van der Waals surface area contributed by atoms with Gasteiger partial charge in [-0.05, 0) is 23.5 Å². The highest BCUT2D eigenvalue weighted by molar-refractivity contribution is 7.99. The van der Waals surface area contributed by atoms with Crippen molar-refractivity contribution < 1.29 is 9.59 Å². The monoisotopic (exact) mass is 335 g/mol. The van der Waals surface area contributed by atoms with Gasteiger partial charge in [-0.1, -0.05) is 26.8 Å². The predicted octanol–water partition coefficient (Wildman–Crippen LogP) is 2.08. The number of hydrogen-bond donors (Lipinski definition) is 1. The maximum absolute atomic E-state index is 12.4. The van der Waals surface area contributed by atoms with Gasteiger partial charge >= 0.3 is 0 Å². The van der Waals surface area contributed by atoms with Crippen molar-refractivity contribution in [1.29, 1.82) is 0 Å². The van der Waals surface area contributed by atoms with Crippen LogP contribution >= 0.6 is 11.8 Å². The molecule has 1 aromatic rings. The Kier molecular flexibility index (Phi) is 6.04. The molecule has 1 aliphatic rings. The van der Waals surface area contributed by atoms with Crippen molar-refractivity contribution in [3.63, 3.8) is 0 Å². The first-order valence-electron chi connectivity index (χ1n) is 7.91. The zero-order valence-corrected chi connectivity index (χ0v) is 14.9. The molecule has 0 aromatic carbocycles. The van der Waals surface area contributed by atoms with Crippen LogP contribution in [0.25, 0.3) is 0 Å². The molecule has 0 unspecified atom stereocenters. The van der Waals surface area contributed by atoms with Crippen LogP contribution < -0.4 is 5.32 Å². The molecular weight excluding hydrogens is 310 g/mol. The predicted molar refractivity (Wildman–Crippen MR) is 93.0 cm³/mol. The van der Waals surface area contributed by atoms with Crippen LogP contribution in [0.4, 0.5) is 0 Å². The molecule has 2 heterocycles. The highest BCUT2D eigenvalue weighted by Gasteiger charge is 2.35. The molecule has 1 aliphatic heterocycles. The minimum Gasteiger partial charge on any atom is -0.354 e. The van der Waals surface area contributed by atoms with E-state index < -0.39 is 0 Å². The molecule has 5 nitrogen and oxygen atoms in total. The van der Waals surface area contributed by atoms with Gasteiger partial charge in [-0.15, -0.1) is 11.8 Å². The fraction of sp³-hybridized carbons (Fsp3) is 0.588. The number of nitrogens with zero attached hydrogens (tertiary/aromatic N) is 2. The van der Waals surface area contributed by atoms with Crippen LogP contribution in [0.15, 0.2) is 24.5 Å². The molecule has 1 N–H and O–H groups in total. The molecule has 6 heteroatoms. The number of rotatable bonds is 5. The molecule has 0 aliphatic carbocycles. The summed E-state index contributed by atoms with van der Waals surface area (Å²) in [5, 5.41) is 2.95. The highest BCUT2D eigenvalue weighted by Crippen LogP contribution is 2.26. The Balaban J connectivity index is 1.84. The third-order valence-electron chi connectivity index (χ3n) is 3.62. The number of thioether (sulfide) groups is 1. The standard InChI is InChI=1S/C17H25N3O2S/c1-17(2,3)9-15(21)20-12-23-11-14(20)16(22)19-8-6-13-5-4-7-18-10-13/h4-5,7,10,14H,6,8-9,11-12H2,1-3H3,(H,19,22)/t14-/m0/s1. The van der Waals surface area contributed by atoms with E-state index in [1.165, 1.54) is 0 Å². The van der Waals surface area contributed by atoms with Crippen molar-refractivity contribution in [1.82, 2.24) is 15.2 Å². The van der Waals surface area contributed by atoms with Crippen LogP contribution in [0.1, 0.15) is 32.8 Å². The third-order valence-corrected chi connectivity index (χ3v) is 4.63. The molecule has 126 valence electrons. The van der Waals surface area contributed by atoms with E-state index >= 15 is 0 Å². The molecule has 0 spiro atoms. The van der Waals surface area contributed by atoms with Gasteiger partial charge in [0.1, 0.15) is 6.04 Å². The first-order chi connectivity index (χ1) is 10.9. The fourth-order valence-corrected chi connectivity index (χ4v) is 3.64. The number of amides is 2. The van der Waals surface area contributed by atoms with Crippen LogP contribution in [-0.4, -0.2) is 45.9 Å². The maximum atomic E-state index is 12.4. The normalized spacial score (nSPS) is 18.0. The van der Waals surface area contributed by atoms with E-state index in [0.29, 0.717) is 24.6 Å². The number of pyridine rings is 1. The van der Waals surface area contributed by atoms with E-state index in [0.717, 1.165) is 12.0 Å². The third kappa shape index (κ3) is 5.53. The zero-order valence-electron chi connectivity index (χ0n) is 14.0. The van der Waals surface area contributed by atoms with Gasteiger partial charge in [-0.3, -0.25) is 14.6 Å². The van der Waals surface area contributed by atoms with Crippen molar-refractivity contribution in [2.24, 2.45) is 5.41 Å². The SMILES string of the molecule is CC(C)(C)CC(=O)N1CSC[C@H]1C(=O)NCCc1cccnc1. The van der Waals surface area contributed by atoms with Crippen LogP contribution in [0.2, 0.25) is 0 Å². The van der Waals surface area contributed by atoms with Gasteiger partial charge in [-0.2, -0.15) is 0 Å². The van der Waals surface area contributed by atoms with E-state index in [9.17, 15) is 9.59 Å². The zero-order chi connectivity index (χ0) is 16.9. The number of nitrogens with one attached hydrogen (secondary N) is 1. The Bertz CT molecular complexity index is 543. The lowest BCUT2D eigenvalue weighted by atomic mass is 9.91. The molecular formula is C17H25N3O2S. The lowest BCUT2D eigenvalue weighted by Crippen LogP contribution is -2.48. The summed E-state index contributed by atoms with van der Waals surface area (Å²) in [4.78, 5) is 30.6. The van der Waals surface area contributed by atoms with Crippen molar-refractivity contribution in [3.05, 3.63) is 30.1 Å². The van der Waals surface area contributed by atoms with Crippen LogP contribution in [0.3, 0.4) is 0 Å². The number of carbonyl (C=O) groups excluding carboxylic acids is 2. The average molecular weight is 335 g/mol. The topological polar surface area (TPSA) is 62.3 Å². The Morgan fingerprint density at radius 2 is 2.22 bits per heavy atom. The summed E-state index contributed by atoms with van der Waals surface area (Å²) in [6.07, 6.45) is 4.75. The van der Waals surface area contributed by atoms with Gasteiger partial charge in [0.05, 0.1) is 5.88 Å². The first kappa shape index (κ1) is 17.8. The average Bonchev–Trinajstić information content (AvgIpc) is 2.96. The lowest BCUT2D eigenvalue weighted by molar-refractivity contribution is -0.139. The van der Waals surface area contributed by atoms with Crippen molar-refractivity contribution >= 4 is 23.6 Å². The van der Waals surface area contributed by atoms with Crippen LogP contribution in [0.5, 0.6) is 0 Å². The molecule has 1 saturated heterocycles. The molecule has 0 bridgehead atoms. The second-order valence-corrected chi connectivity index (χ2v) is 8.02. The van der Waals surface area contributed by atoms with E-state index in [-0.39, 0.29) is 23.3 Å². The van der Waals surface area contributed by atoms with E-state index in [4.69, 9.17) is 0 Å². The molecule has 2 amide bonds. The molecule has 23 heavy (non-hydrogen) atoms. The second-order valence-electron chi connectivity index (χ2n) is 7.02. The van der Waals surface area contributed by atoms with E-state index in [2.05, 4.69) is 10.3 Å². The Morgan fingerprint density at radius 1 is 1.43 bits per heavy atom. The minimum atomic E-state index is -0.344. The number of aromatic nitrogens is 1. The summed E-state index contributed by atoms with van der Waals surface area (Å²) < 4.78 is 0. The van der Waals surface area contributed by atoms with Gasteiger partial charge < -0.3 is 10.2 Å². The largest absolute Gasteiger partial charge is 0.354 e. The Labute approximate surface area is 142 Å². The van der Waals surface area contributed by atoms with Crippen molar-refractivity contribution in [3.8, 4) is 0 Å². The number of carbonyl (C=O) groups is 2. The van der Waals surface area contributed by atoms with Crippen molar-refractivity contribution in [2.75, 3.05) is 18.2 Å². The van der Waals surface area contributed by atoms with Gasteiger partial charge in [0.2, 0.25) is 11.8 Å². The van der Waals surface area contributed by atoms with Gasteiger partial charge in [0.25, 0.3) is 0 Å². The molecule has 0 radical (unpaired) electrons. The smallest absolute Gasteiger partial charge is 0.243 e. The maximum Gasteiger partial charge on any atom is 0.243 e. The van der Waals surface area contributed by atoms with Gasteiger partial charge in [0.15, 0.2) is 0 Å². The Hall–Kier alpha value is -1.56. The Morgan fingerprint density at radius 3 is 2.87 bits per heavy atom. The quantitative estimate of drug-likeness (QED) is 0.895. The molecule has 0 saturated carbocycles. The lowest BCUT2D eigenvalue weighted by Gasteiger charge is -2.26. The van der Waals surface area contributed by atoms with E-state index in [1.807, 2.05) is 32.9 Å². The van der Waals surface area contributed by atoms with Crippen LogP contribution in [0, 0.1) is 5.41 Å². The second kappa shape index (κ2) is 7.81. The molecule has 2 rings (SSSR count). The van der Waals surface area contributed by atoms with E-state index in [1.54, 1.807) is 29.1 Å². The summed E-state index contributed by atoms with van der Waals surface area (Å²) in [6, 6.07) is 3.53. The molecule has 1 fully saturated rings. The van der Waals surface area contributed by atoms with Crippen LogP contribution in [-0.2, 0) is 16.0 Å². The number of hydrogen-bond acceptors (Lipinski definition) is 4. The van der Waals surface area contributed by atoms with Crippen molar-refractivity contribution in [2.45, 2.75) is 39.7 Å². The highest BCUT2D eigenvalue weighted by atomic mass is 32.2. The molecule has 1 aromatic heterocycles. The van der Waals surface area contributed by atoms with Gasteiger partial charge in [-0.25, -0.2) is 0 Å². The summed E-state index contributed by atoms with van der Waals surface area (Å²) >= 11 is 1.64. The summed E-state index contributed by atoms with van der Waals surface area (Å²) in [5.41, 5.74) is 1.03. The summed E-state index contributed by atoms with van der Waals surface area (Å²) in [6.45, 7) is 6.68. The summed E-state index contributed by atoms with van der Waals surface area (Å²) in [7, 11) is 0.